The summed E-state index contributed by atoms with van der Waals surface area (Å²) in [5.41, 5.74) is 2.01. The average molecular weight is 181 g/mol. The van der Waals surface area contributed by atoms with Crippen molar-refractivity contribution < 1.29 is 0 Å². The first kappa shape index (κ1) is 7.62. The number of hydrogen-bond donors (Lipinski definition) is 1. The van der Waals surface area contributed by atoms with Gasteiger partial charge in [0.25, 0.3) is 0 Å². The number of rotatable bonds is 1. The predicted molar refractivity (Wildman–Crippen MR) is 50.4 cm³/mol. The molecular formula is C9H9ClN2. The Labute approximate surface area is 75.6 Å². The van der Waals surface area contributed by atoms with Gasteiger partial charge in [-0.1, -0.05) is 0 Å². The lowest BCUT2D eigenvalue weighted by molar-refractivity contribution is 1.10. The summed E-state index contributed by atoms with van der Waals surface area (Å²) < 4.78 is 0. The van der Waals surface area contributed by atoms with Crippen molar-refractivity contribution in [3.05, 3.63) is 30.1 Å². The van der Waals surface area contributed by atoms with Crippen LogP contribution in [0, 0.1) is 0 Å². The van der Waals surface area contributed by atoms with Crippen molar-refractivity contribution in [3.8, 4) is 0 Å². The first-order valence-electron chi connectivity index (χ1n) is 3.85. The molecule has 2 heterocycles. The smallest absolute Gasteiger partial charge is 0.137 e. The Bertz CT molecular complexity index is 392. The Hall–Kier alpha value is -1.02. The van der Waals surface area contributed by atoms with Crippen molar-refractivity contribution >= 4 is 22.6 Å². The van der Waals surface area contributed by atoms with Gasteiger partial charge in [-0.15, -0.1) is 11.6 Å². The molecule has 62 valence electrons. The van der Waals surface area contributed by atoms with Crippen molar-refractivity contribution in [2.24, 2.45) is 0 Å². The van der Waals surface area contributed by atoms with E-state index < -0.39 is 0 Å². The van der Waals surface area contributed by atoms with Crippen LogP contribution in [0.4, 0.5) is 0 Å². The van der Waals surface area contributed by atoms with Gasteiger partial charge in [0.1, 0.15) is 5.65 Å². The predicted octanol–water partition coefficient (Wildman–Crippen LogP) is 2.86. The molecule has 0 aliphatic rings. The number of fused-ring (bicyclic) bond motifs is 1. The molecule has 0 saturated heterocycles. The van der Waals surface area contributed by atoms with Crippen LogP contribution < -0.4 is 0 Å². The third kappa shape index (κ3) is 1.08. The van der Waals surface area contributed by atoms with Crippen LogP contribution in [0.2, 0.25) is 0 Å². The minimum Gasteiger partial charge on any atom is -0.346 e. The average Bonchev–Trinajstić information content (AvgIpc) is 2.47. The van der Waals surface area contributed by atoms with Gasteiger partial charge >= 0.3 is 0 Å². The van der Waals surface area contributed by atoms with Gasteiger partial charge in [0.05, 0.1) is 5.38 Å². The number of halogens is 1. The molecule has 0 saturated carbocycles. The highest BCUT2D eigenvalue weighted by Gasteiger charge is 2.07. The lowest BCUT2D eigenvalue weighted by Gasteiger charge is -1.98. The molecule has 2 aromatic heterocycles. The van der Waals surface area contributed by atoms with Gasteiger partial charge in [0, 0.05) is 17.8 Å². The quantitative estimate of drug-likeness (QED) is 0.672. The van der Waals surface area contributed by atoms with Crippen LogP contribution >= 0.6 is 11.6 Å². The van der Waals surface area contributed by atoms with Gasteiger partial charge in [0.2, 0.25) is 0 Å². The molecule has 0 aliphatic carbocycles. The summed E-state index contributed by atoms with van der Waals surface area (Å²) in [5, 5.41) is 1.14. The molecule has 0 amide bonds. The second kappa shape index (κ2) is 2.79. The van der Waals surface area contributed by atoms with E-state index in [2.05, 4.69) is 9.97 Å². The fourth-order valence-electron chi connectivity index (χ4n) is 1.31. The molecule has 1 atom stereocenters. The summed E-state index contributed by atoms with van der Waals surface area (Å²) in [6.45, 7) is 1.96. The Balaban J connectivity index is 2.70. The van der Waals surface area contributed by atoms with Crippen LogP contribution in [0.15, 0.2) is 24.5 Å². The maximum atomic E-state index is 5.98. The SMILES string of the molecule is CC(Cl)c1c[nH]c2ncccc12. The third-order valence-corrected chi connectivity index (χ3v) is 2.15. The van der Waals surface area contributed by atoms with E-state index in [0.717, 1.165) is 16.6 Å². The zero-order valence-electron chi connectivity index (χ0n) is 6.71. The number of nitrogens with one attached hydrogen (secondary N) is 1. The number of H-pyrrole nitrogens is 1. The van der Waals surface area contributed by atoms with E-state index in [1.807, 2.05) is 25.3 Å². The highest BCUT2D eigenvalue weighted by atomic mass is 35.5. The monoisotopic (exact) mass is 180 g/mol. The van der Waals surface area contributed by atoms with Gasteiger partial charge in [-0.05, 0) is 24.6 Å². The van der Waals surface area contributed by atoms with Crippen molar-refractivity contribution in [2.75, 3.05) is 0 Å². The van der Waals surface area contributed by atoms with Crippen LogP contribution in [0.1, 0.15) is 17.9 Å². The van der Waals surface area contributed by atoms with Gasteiger partial charge in [0.15, 0.2) is 0 Å². The molecule has 0 bridgehead atoms. The fourth-order valence-corrected chi connectivity index (χ4v) is 1.49. The van der Waals surface area contributed by atoms with Gasteiger partial charge < -0.3 is 4.98 Å². The van der Waals surface area contributed by atoms with E-state index in [0.29, 0.717) is 0 Å². The molecule has 0 radical (unpaired) electrons. The summed E-state index contributed by atoms with van der Waals surface area (Å²) in [4.78, 5) is 7.24. The summed E-state index contributed by atoms with van der Waals surface area (Å²) >= 11 is 5.98. The zero-order valence-corrected chi connectivity index (χ0v) is 7.47. The normalized spacial score (nSPS) is 13.5. The summed E-state index contributed by atoms with van der Waals surface area (Å²) in [6, 6.07) is 3.94. The van der Waals surface area contributed by atoms with Gasteiger partial charge in [-0.25, -0.2) is 4.98 Å². The summed E-state index contributed by atoms with van der Waals surface area (Å²) in [5.74, 6) is 0. The summed E-state index contributed by atoms with van der Waals surface area (Å²) in [6.07, 6.45) is 3.68. The number of aromatic amines is 1. The molecule has 0 fully saturated rings. The lowest BCUT2D eigenvalue weighted by Crippen LogP contribution is -1.80. The van der Waals surface area contributed by atoms with Gasteiger partial charge in [-0.3, -0.25) is 0 Å². The van der Waals surface area contributed by atoms with Crippen molar-refractivity contribution in [2.45, 2.75) is 12.3 Å². The second-order valence-corrected chi connectivity index (χ2v) is 3.41. The maximum absolute atomic E-state index is 5.98. The van der Waals surface area contributed by atoms with Gasteiger partial charge in [-0.2, -0.15) is 0 Å². The maximum Gasteiger partial charge on any atom is 0.137 e. The molecule has 0 aromatic carbocycles. The minimum atomic E-state index is 0.0305. The molecular weight excluding hydrogens is 172 g/mol. The van der Waals surface area contributed by atoms with E-state index in [-0.39, 0.29) is 5.38 Å². The molecule has 1 unspecified atom stereocenters. The Morgan fingerprint density at radius 3 is 3.17 bits per heavy atom. The fraction of sp³-hybridized carbons (Fsp3) is 0.222. The molecule has 0 spiro atoms. The number of alkyl halides is 1. The summed E-state index contributed by atoms with van der Waals surface area (Å²) in [7, 11) is 0. The molecule has 2 nitrogen and oxygen atoms in total. The number of nitrogens with zero attached hydrogens (tertiary/aromatic N) is 1. The Morgan fingerprint density at radius 1 is 1.58 bits per heavy atom. The van der Waals surface area contributed by atoms with Crippen molar-refractivity contribution in [3.63, 3.8) is 0 Å². The highest BCUT2D eigenvalue weighted by molar-refractivity contribution is 6.21. The van der Waals surface area contributed by atoms with Crippen molar-refractivity contribution in [1.82, 2.24) is 9.97 Å². The number of hydrogen-bond acceptors (Lipinski definition) is 1. The van der Waals surface area contributed by atoms with E-state index >= 15 is 0 Å². The molecule has 3 heteroatoms. The van der Waals surface area contributed by atoms with Crippen LogP contribution in [-0.4, -0.2) is 9.97 Å². The first-order chi connectivity index (χ1) is 5.79. The number of pyridine rings is 1. The Kier molecular flexibility index (Phi) is 1.77. The standard InChI is InChI=1S/C9H9ClN2/c1-6(10)8-5-12-9-7(8)3-2-4-11-9/h2-6H,1H3,(H,11,12). The molecule has 1 N–H and O–H groups in total. The zero-order chi connectivity index (χ0) is 8.55. The Morgan fingerprint density at radius 2 is 2.42 bits per heavy atom. The van der Waals surface area contributed by atoms with E-state index in [1.165, 1.54) is 0 Å². The van der Waals surface area contributed by atoms with E-state index in [9.17, 15) is 0 Å². The van der Waals surface area contributed by atoms with Crippen LogP contribution in [0.25, 0.3) is 11.0 Å². The second-order valence-electron chi connectivity index (χ2n) is 2.76. The molecule has 0 aliphatic heterocycles. The van der Waals surface area contributed by atoms with E-state index in [1.54, 1.807) is 6.20 Å². The van der Waals surface area contributed by atoms with Crippen LogP contribution in [0.3, 0.4) is 0 Å². The van der Waals surface area contributed by atoms with Crippen LogP contribution in [0.5, 0.6) is 0 Å². The largest absolute Gasteiger partial charge is 0.346 e. The molecule has 12 heavy (non-hydrogen) atoms. The van der Waals surface area contributed by atoms with Crippen molar-refractivity contribution in [1.29, 1.82) is 0 Å². The lowest BCUT2D eigenvalue weighted by atomic mass is 10.2. The molecule has 2 rings (SSSR count). The third-order valence-electron chi connectivity index (χ3n) is 1.91. The first-order valence-corrected chi connectivity index (χ1v) is 4.29. The molecule has 2 aromatic rings. The highest BCUT2D eigenvalue weighted by Crippen LogP contribution is 2.26. The minimum absolute atomic E-state index is 0.0305. The van der Waals surface area contributed by atoms with Crippen LogP contribution in [-0.2, 0) is 0 Å². The number of aromatic nitrogens is 2. The van der Waals surface area contributed by atoms with E-state index in [4.69, 9.17) is 11.6 Å². The topological polar surface area (TPSA) is 28.7 Å².